The van der Waals surface area contributed by atoms with Crippen molar-refractivity contribution in [2.24, 2.45) is 27.9 Å². The average Bonchev–Trinajstić information content (AvgIpc) is 3.48. The molecule has 2 aromatic rings. The van der Waals surface area contributed by atoms with Gasteiger partial charge < -0.3 is 54.1 Å². The molecule has 4 unspecified atom stereocenters. The van der Waals surface area contributed by atoms with Crippen molar-refractivity contribution in [2.45, 2.75) is 69.1 Å². The number of rotatable bonds is 19. The van der Waals surface area contributed by atoms with Gasteiger partial charge in [0.1, 0.15) is 23.9 Å². The number of carbonyl (C=O) groups excluding carboxylic acids is 3. The molecule has 4 atom stereocenters. The third-order valence-corrected chi connectivity index (χ3v) is 6.49. The number of nitrogens with one attached hydrogen (secondary N) is 4. The number of guanidine groups is 1. The topological polar surface area (TPSA) is 290 Å². The van der Waals surface area contributed by atoms with Crippen molar-refractivity contribution in [2.75, 3.05) is 13.1 Å². The first-order valence-corrected chi connectivity index (χ1v) is 13.9. The minimum absolute atomic E-state index is 0.0211. The van der Waals surface area contributed by atoms with E-state index in [0.29, 0.717) is 37.1 Å². The number of aromatic hydroxyl groups is 1. The van der Waals surface area contributed by atoms with Gasteiger partial charge in [0.15, 0.2) is 5.96 Å². The molecule has 3 amide bonds. The number of aromatic amines is 1. The summed E-state index contributed by atoms with van der Waals surface area (Å²) in [5.74, 6) is -3.41. The molecule has 0 aliphatic carbocycles. The number of hydrogen-bond donors (Lipinski definition) is 10. The highest BCUT2D eigenvalue weighted by Gasteiger charge is 2.30. The molecule has 1 aromatic heterocycles. The van der Waals surface area contributed by atoms with Gasteiger partial charge in [-0.05, 0) is 49.9 Å². The fourth-order valence-electron chi connectivity index (χ4n) is 4.13. The maximum Gasteiger partial charge on any atom is 0.326 e. The Hall–Kier alpha value is -4.70. The van der Waals surface area contributed by atoms with Gasteiger partial charge in [-0.1, -0.05) is 18.6 Å². The fourth-order valence-corrected chi connectivity index (χ4v) is 4.13. The molecule has 1 aromatic carbocycles. The monoisotopic (exact) mass is 602 g/mol. The molecule has 16 nitrogen and oxygen atoms in total. The number of imidazole rings is 1. The highest BCUT2D eigenvalue weighted by atomic mass is 16.4. The molecule has 0 saturated heterocycles. The van der Waals surface area contributed by atoms with E-state index < -0.39 is 47.9 Å². The summed E-state index contributed by atoms with van der Waals surface area (Å²) in [4.78, 5) is 62.2. The first kappa shape index (κ1) is 34.5. The number of aliphatic carboxylic acids is 1. The standard InChI is InChI=1S/C27H42N10O6/c28-10-2-1-4-19(29)23(39)36-21(12-16-6-8-18(38)9-7-16)25(41)35-20(5-3-11-33-27(30)31)24(40)37-22(26(42)43)13-17-14-32-15-34-17/h6-9,14-15,19-22,38H,1-5,10-13,28-29H2,(H,32,34)(H,35,41)(H,36,39)(H,37,40)(H,42,43)(H4,30,31,33). The highest BCUT2D eigenvalue weighted by Crippen LogP contribution is 2.12. The van der Waals surface area contributed by atoms with Crippen LogP contribution in [0.15, 0.2) is 41.8 Å². The van der Waals surface area contributed by atoms with Gasteiger partial charge in [-0.2, -0.15) is 0 Å². The Bertz CT molecular complexity index is 1200. The largest absolute Gasteiger partial charge is 0.508 e. The lowest BCUT2D eigenvalue weighted by atomic mass is 10.0. The number of amides is 3. The number of phenols is 1. The molecular weight excluding hydrogens is 560 g/mol. The number of carboxylic acid groups (broad SMARTS) is 1. The minimum atomic E-state index is -1.32. The van der Waals surface area contributed by atoms with Crippen molar-refractivity contribution < 1.29 is 29.4 Å². The number of benzene rings is 1. The van der Waals surface area contributed by atoms with Gasteiger partial charge >= 0.3 is 5.97 Å². The first-order chi connectivity index (χ1) is 20.5. The number of aromatic nitrogens is 2. The number of nitrogens with two attached hydrogens (primary N) is 4. The van der Waals surface area contributed by atoms with Crippen LogP contribution in [-0.2, 0) is 32.0 Å². The Labute approximate surface area is 249 Å². The first-order valence-electron chi connectivity index (χ1n) is 13.9. The second-order valence-corrected chi connectivity index (χ2v) is 10.0. The molecule has 0 saturated carbocycles. The van der Waals surface area contributed by atoms with Crippen molar-refractivity contribution in [3.63, 3.8) is 0 Å². The third kappa shape index (κ3) is 12.8. The lowest BCUT2D eigenvalue weighted by molar-refractivity contribution is -0.142. The smallest absolute Gasteiger partial charge is 0.326 e. The van der Waals surface area contributed by atoms with Gasteiger partial charge in [0.2, 0.25) is 17.7 Å². The summed E-state index contributed by atoms with van der Waals surface area (Å²) in [5, 5.41) is 27.1. The van der Waals surface area contributed by atoms with Crippen LogP contribution in [0, 0.1) is 0 Å². The summed E-state index contributed by atoms with van der Waals surface area (Å²) >= 11 is 0. The molecule has 0 aliphatic heterocycles. The Balaban J connectivity index is 2.24. The summed E-state index contributed by atoms with van der Waals surface area (Å²) in [6.07, 6.45) is 4.78. The summed E-state index contributed by atoms with van der Waals surface area (Å²) in [7, 11) is 0. The minimum Gasteiger partial charge on any atom is -0.508 e. The maximum atomic E-state index is 13.6. The zero-order valence-electron chi connectivity index (χ0n) is 23.9. The molecule has 0 fully saturated rings. The Morgan fingerprint density at radius 3 is 2.14 bits per heavy atom. The number of hydrogen-bond acceptors (Lipinski definition) is 9. The van der Waals surface area contributed by atoms with Crippen molar-refractivity contribution in [1.82, 2.24) is 25.9 Å². The van der Waals surface area contributed by atoms with Crippen LogP contribution in [0.25, 0.3) is 0 Å². The Morgan fingerprint density at radius 1 is 0.884 bits per heavy atom. The summed E-state index contributed by atoms with van der Waals surface area (Å²) in [6, 6.07) is 1.52. The number of phenolic OH excluding ortho intramolecular Hbond substituents is 1. The molecule has 16 heteroatoms. The quantitative estimate of drug-likeness (QED) is 0.0474. The van der Waals surface area contributed by atoms with E-state index in [4.69, 9.17) is 22.9 Å². The van der Waals surface area contributed by atoms with Gasteiger partial charge in [-0.25, -0.2) is 9.78 Å². The van der Waals surface area contributed by atoms with E-state index in [1.54, 1.807) is 12.1 Å². The van der Waals surface area contributed by atoms with Crippen LogP contribution >= 0.6 is 0 Å². The summed E-state index contributed by atoms with van der Waals surface area (Å²) in [6.45, 7) is 0.612. The van der Waals surface area contributed by atoms with Gasteiger partial charge in [-0.15, -0.1) is 0 Å². The van der Waals surface area contributed by atoms with Gasteiger partial charge in [0.05, 0.1) is 12.4 Å². The van der Waals surface area contributed by atoms with Crippen LogP contribution in [0.4, 0.5) is 0 Å². The van der Waals surface area contributed by atoms with Crippen LogP contribution in [0.1, 0.15) is 43.4 Å². The van der Waals surface area contributed by atoms with E-state index in [9.17, 15) is 29.4 Å². The molecule has 43 heavy (non-hydrogen) atoms. The molecule has 0 spiro atoms. The van der Waals surface area contributed by atoms with E-state index in [0.717, 1.165) is 0 Å². The van der Waals surface area contributed by atoms with Gasteiger partial charge in [-0.3, -0.25) is 19.4 Å². The van der Waals surface area contributed by atoms with Crippen LogP contribution in [0.2, 0.25) is 0 Å². The van der Waals surface area contributed by atoms with Gasteiger partial charge in [0, 0.05) is 31.3 Å². The molecule has 0 aliphatic rings. The molecule has 1 heterocycles. The van der Waals surface area contributed by atoms with E-state index in [1.165, 1.54) is 24.7 Å². The number of carboxylic acids is 1. The zero-order chi connectivity index (χ0) is 31.8. The van der Waals surface area contributed by atoms with Gasteiger partial charge in [0.25, 0.3) is 0 Å². The van der Waals surface area contributed by atoms with Crippen molar-refractivity contribution in [1.29, 1.82) is 0 Å². The number of H-pyrrole nitrogens is 1. The molecule has 14 N–H and O–H groups in total. The average molecular weight is 603 g/mol. The number of aliphatic imine (C=N–C) groups is 1. The number of unbranched alkanes of at least 4 members (excludes halogenated alkanes) is 1. The van der Waals surface area contributed by atoms with Crippen LogP contribution < -0.4 is 38.9 Å². The second kappa shape index (κ2) is 18.0. The lowest BCUT2D eigenvalue weighted by Gasteiger charge is -2.25. The fraction of sp³-hybridized carbons (Fsp3) is 0.481. The molecule has 2 rings (SSSR count). The Kier molecular flexibility index (Phi) is 14.4. The van der Waals surface area contributed by atoms with E-state index in [-0.39, 0.29) is 43.9 Å². The Morgan fingerprint density at radius 2 is 1.53 bits per heavy atom. The summed E-state index contributed by atoms with van der Waals surface area (Å²) in [5.41, 5.74) is 23.4. The van der Waals surface area contributed by atoms with Crippen LogP contribution in [0.3, 0.4) is 0 Å². The maximum absolute atomic E-state index is 13.6. The van der Waals surface area contributed by atoms with E-state index in [2.05, 4.69) is 30.9 Å². The predicted molar refractivity (Wildman–Crippen MR) is 158 cm³/mol. The molecular formula is C27H42N10O6. The normalized spacial score (nSPS) is 13.6. The van der Waals surface area contributed by atoms with Crippen LogP contribution in [-0.4, -0.2) is 87.1 Å². The lowest BCUT2D eigenvalue weighted by Crippen LogP contribution is -2.57. The third-order valence-electron chi connectivity index (χ3n) is 6.49. The molecule has 236 valence electrons. The zero-order valence-corrected chi connectivity index (χ0v) is 23.9. The van der Waals surface area contributed by atoms with E-state index >= 15 is 0 Å². The predicted octanol–water partition coefficient (Wildman–Crippen LogP) is -2.05. The summed E-state index contributed by atoms with van der Waals surface area (Å²) < 4.78 is 0. The number of carbonyl (C=O) groups is 4. The van der Waals surface area contributed by atoms with Crippen molar-refractivity contribution in [3.05, 3.63) is 48.0 Å². The van der Waals surface area contributed by atoms with Crippen molar-refractivity contribution in [3.8, 4) is 5.75 Å². The second-order valence-electron chi connectivity index (χ2n) is 10.0. The molecule has 0 radical (unpaired) electrons. The van der Waals surface area contributed by atoms with E-state index in [1.807, 2.05) is 0 Å². The SMILES string of the molecule is NCCCCC(N)C(=O)NC(Cc1ccc(O)cc1)C(=O)NC(CCCN=C(N)N)C(=O)NC(Cc1cnc[nH]1)C(=O)O. The molecule has 0 bridgehead atoms. The highest BCUT2D eigenvalue weighted by molar-refractivity contribution is 5.94. The van der Waals surface area contributed by atoms with Crippen molar-refractivity contribution >= 4 is 29.7 Å². The number of nitrogens with zero attached hydrogens (tertiary/aromatic N) is 2. The van der Waals surface area contributed by atoms with Crippen LogP contribution in [0.5, 0.6) is 5.75 Å².